The monoisotopic (exact) mass is 274 g/mol. The number of hydrogen-bond donors (Lipinski definition) is 2. The molecule has 0 aromatic heterocycles. The lowest BCUT2D eigenvalue weighted by atomic mass is 9.94. The van der Waals surface area contributed by atoms with Crippen molar-refractivity contribution in [3.8, 4) is 0 Å². The van der Waals surface area contributed by atoms with Crippen LogP contribution in [0.15, 0.2) is 36.4 Å². The zero-order valence-corrected chi connectivity index (χ0v) is 13.2. The van der Waals surface area contributed by atoms with E-state index in [2.05, 4.69) is 62.5 Å². The maximum absolute atomic E-state index is 5.57. The van der Waals surface area contributed by atoms with Crippen LogP contribution in [0.5, 0.6) is 0 Å². The molecule has 0 saturated heterocycles. The van der Waals surface area contributed by atoms with Gasteiger partial charge in [-0.15, -0.1) is 0 Å². The molecule has 1 saturated carbocycles. The molecule has 1 aromatic carbocycles. The molecule has 112 valence electrons. The summed E-state index contributed by atoms with van der Waals surface area (Å²) >= 11 is 0. The van der Waals surface area contributed by atoms with Crippen molar-refractivity contribution < 1.29 is 0 Å². The number of nitrogens with two attached hydrogens (primary N) is 1. The van der Waals surface area contributed by atoms with Crippen LogP contribution in [0.2, 0.25) is 0 Å². The van der Waals surface area contributed by atoms with Crippen molar-refractivity contribution in [2.24, 2.45) is 11.1 Å². The summed E-state index contributed by atoms with van der Waals surface area (Å²) in [6.07, 6.45) is 8.13. The molecule has 2 nitrogen and oxygen atoms in total. The second-order valence-electron chi connectivity index (χ2n) is 6.24. The second-order valence-corrected chi connectivity index (χ2v) is 6.24. The van der Waals surface area contributed by atoms with E-state index < -0.39 is 0 Å². The number of rotatable bonds is 6. The summed E-state index contributed by atoms with van der Waals surface area (Å²) in [5.41, 5.74) is 7.14. The molecule has 1 aliphatic carbocycles. The zero-order chi connectivity index (χ0) is 14.8. The largest absolute Gasteiger partial charge is 0.330 e. The van der Waals surface area contributed by atoms with Crippen molar-refractivity contribution in [2.75, 3.05) is 13.1 Å². The van der Waals surface area contributed by atoms with E-state index >= 15 is 0 Å². The van der Waals surface area contributed by atoms with Gasteiger partial charge in [-0.25, -0.2) is 0 Å². The van der Waals surface area contributed by atoms with Crippen LogP contribution in [0.3, 0.4) is 0 Å². The Kier molecular flexibility index (Phi) is 7.56. The van der Waals surface area contributed by atoms with Crippen LogP contribution in [0.1, 0.15) is 45.6 Å². The summed E-state index contributed by atoms with van der Waals surface area (Å²) < 4.78 is 0. The van der Waals surface area contributed by atoms with E-state index in [9.17, 15) is 0 Å². The predicted molar refractivity (Wildman–Crippen MR) is 89.6 cm³/mol. The first-order valence-electron chi connectivity index (χ1n) is 7.72. The van der Waals surface area contributed by atoms with Gasteiger partial charge in [0.2, 0.25) is 0 Å². The van der Waals surface area contributed by atoms with E-state index in [1.54, 1.807) is 0 Å². The van der Waals surface area contributed by atoms with Gasteiger partial charge in [0.05, 0.1) is 0 Å². The van der Waals surface area contributed by atoms with Crippen LogP contribution < -0.4 is 11.1 Å². The fourth-order valence-electron chi connectivity index (χ4n) is 1.60. The van der Waals surface area contributed by atoms with Gasteiger partial charge < -0.3 is 11.1 Å². The standard InChI is InChI=1S/C10H12.C8H18N2/c1-2-3-7-10-8-5-4-6-9-10;1-8(2,5-9)6-10-7-3-4-7/h3-9H,2H2,1H3;7,10H,3-6,9H2,1-2H3/b7-3-;. The zero-order valence-electron chi connectivity index (χ0n) is 13.2. The van der Waals surface area contributed by atoms with Gasteiger partial charge in [0, 0.05) is 12.6 Å². The van der Waals surface area contributed by atoms with Gasteiger partial charge in [-0.2, -0.15) is 0 Å². The molecule has 0 amide bonds. The first-order chi connectivity index (χ1) is 9.57. The minimum atomic E-state index is 0.280. The highest BCUT2D eigenvalue weighted by molar-refractivity contribution is 5.48. The van der Waals surface area contributed by atoms with E-state index in [0.29, 0.717) is 0 Å². The summed E-state index contributed by atoms with van der Waals surface area (Å²) in [5, 5.41) is 3.47. The normalized spacial score (nSPS) is 15.0. The molecule has 0 radical (unpaired) electrons. The summed E-state index contributed by atoms with van der Waals surface area (Å²) in [4.78, 5) is 0. The van der Waals surface area contributed by atoms with Crippen molar-refractivity contribution >= 4 is 6.08 Å². The van der Waals surface area contributed by atoms with Gasteiger partial charge in [-0.3, -0.25) is 0 Å². The number of benzene rings is 1. The third-order valence-electron chi connectivity index (χ3n) is 3.34. The summed E-state index contributed by atoms with van der Waals surface area (Å²) in [6.45, 7) is 8.37. The maximum atomic E-state index is 5.57. The quantitative estimate of drug-likeness (QED) is 0.827. The maximum Gasteiger partial charge on any atom is 0.00684 e. The molecule has 1 aromatic rings. The molecule has 20 heavy (non-hydrogen) atoms. The van der Waals surface area contributed by atoms with Crippen LogP contribution >= 0.6 is 0 Å². The molecule has 0 bridgehead atoms. The average molecular weight is 274 g/mol. The number of nitrogens with one attached hydrogen (secondary N) is 1. The highest BCUT2D eigenvalue weighted by atomic mass is 15.0. The summed E-state index contributed by atoms with van der Waals surface area (Å²) in [7, 11) is 0. The first-order valence-corrected chi connectivity index (χ1v) is 7.72. The minimum absolute atomic E-state index is 0.280. The lowest BCUT2D eigenvalue weighted by Crippen LogP contribution is -2.36. The van der Waals surface area contributed by atoms with Crippen molar-refractivity contribution in [2.45, 2.75) is 46.1 Å². The van der Waals surface area contributed by atoms with Crippen molar-refractivity contribution in [1.29, 1.82) is 0 Å². The van der Waals surface area contributed by atoms with Gasteiger partial charge >= 0.3 is 0 Å². The van der Waals surface area contributed by atoms with E-state index in [1.807, 2.05) is 6.07 Å². The Hall–Kier alpha value is -1.12. The molecule has 0 atom stereocenters. The highest BCUT2D eigenvalue weighted by Gasteiger charge is 2.24. The molecule has 1 aliphatic rings. The third-order valence-corrected chi connectivity index (χ3v) is 3.34. The van der Waals surface area contributed by atoms with Gasteiger partial charge in [0.15, 0.2) is 0 Å². The number of hydrogen-bond acceptors (Lipinski definition) is 2. The number of allylic oxidation sites excluding steroid dienone is 1. The van der Waals surface area contributed by atoms with E-state index in [0.717, 1.165) is 25.6 Å². The molecular formula is C18H30N2. The van der Waals surface area contributed by atoms with Crippen LogP contribution in [-0.2, 0) is 0 Å². The topological polar surface area (TPSA) is 38.0 Å². The van der Waals surface area contributed by atoms with E-state index in [-0.39, 0.29) is 5.41 Å². The predicted octanol–water partition coefficient (Wildman–Crippen LogP) is 3.83. The molecule has 0 unspecified atom stereocenters. The van der Waals surface area contributed by atoms with Crippen molar-refractivity contribution in [1.82, 2.24) is 5.32 Å². The second kappa shape index (κ2) is 8.93. The fourth-order valence-corrected chi connectivity index (χ4v) is 1.60. The Balaban J connectivity index is 0.000000200. The Morgan fingerprint density at radius 3 is 2.40 bits per heavy atom. The van der Waals surface area contributed by atoms with Crippen LogP contribution in [-0.4, -0.2) is 19.1 Å². The van der Waals surface area contributed by atoms with Crippen molar-refractivity contribution in [3.63, 3.8) is 0 Å². The SMILES string of the molecule is CC(C)(CN)CNC1CC1.CC/C=C\c1ccccc1. The molecule has 2 rings (SSSR count). The Bertz CT molecular complexity index is 378. The smallest absolute Gasteiger partial charge is 0.00684 e. The van der Waals surface area contributed by atoms with Gasteiger partial charge in [-0.1, -0.05) is 63.3 Å². The lowest BCUT2D eigenvalue weighted by molar-refractivity contribution is 0.351. The van der Waals surface area contributed by atoms with E-state index in [1.165, 1.54) is 18.4 Å². The molecule has 2 heteroatoms. The van der Waals surface area contributed by atoms with E-state index in [4.69, 9.17) is 5.73 Å². The summed E-state index contributed by atoms with van der Waals surface area (Å²) in [6, 6.07) is 11.2. The molecule has 3 N–H and O–H groups in total. The first kappa shape index (κ1) is 16.9. The molecule has 0 aliphatic heterocycles. The van der Waals surface area contributed by atoms with Crippen LogP contribution in [0.25, 0.3) is 6.08 Å². The van der Waals surface area contributed by atoms with Gasteiger partial charge in [0.1, 0.15) is 0 Å². The average Bonchev–Trinajstić information content (AvgIpc) is 3.29. The molecule has 1 fully saturated rings. The molecular weight excluding hydrogens is 244 g/mol. The van der Waals surface area contributed by atoms with Crippen LogP contribution in [0.4, 0.5) is 0 Å². The van der Waals surface area contributed by atoms with Gasteiger partial charge in [0.25, 0.3) is 0 Å². The molecule has 0 spiro atoms. The lowest BCUT2D eigenvalue weighted by Gasteiger charge is -2.22. The Labute approximate surface area is 124 Å². The summed E-state index contributed by atoms with van der Waals surface area (Å²) in [5.74, 6) is 0. The Morgan fingerprint density at radius 2 is 1.90 bits per heavy atom. The molecule has 0 heterocycles. The third kappa shape index (κ3) is 8.13. The highest BCUT2D eigenvalue weighted by Crippen LogP contribution is 2.20. The minimum Gasteiger partial charge on any atom is -0.330 e. The van der Waals surface area contributed by atoms with Gasteiger partial charge in [-0.05, 0) is 36.8 Å². The van der Waals surface area contributed by atoms with Crippen LogP contribution in [0, 0.1) is 5.41 Å². The Morgan fingerprint density at radius 1 is 1.25 bits per heavy atom. The fraction of sp³-hybridized carbons (Fsp3) is 0.556. The van der Waals surface area contributed by atoms with Crippen molar-refractivity contribution in [3.05, 3.63) is 42.0 Å².